The van der Waals surface area contributed by atoms with Crippen molar-refractivity contribution in [3.63, 3.8) is 0 Å². The van der Waals surface area contributed by atoms with Crippen LogP contribution in [0.5, 0.6) is 5.75 Å². The highest BCUT2D eigenvalue weighted by molar-refractivity contribution is 5.80. The van der Waals surface area contributed by atoms with E-state index in [-0.39, 0.29) is 0 Å². The van der Waals surface area contributed by atoms with Crippen molar-refractivity contribution in [2.75, 3.05) is 7.11 Å². The molecular weight excluding hydrogens is 286 g/mol. The van der Waals surface area contributed by atoms with Crippen LogP contribution in [0.2, 0.25) is 0 Å². The van der Waals surface area contributed by atoms with E-state index >= 15 is 0 Å². The first kappa shape index (κ1) is 13.8. The Morgan fingerprint density at radius 3 is 2.61 bits per heavy atom. The summed E-state index contributed by atoms with van der Waals surface area (Å²) < 4.78 is 7.56. The predicted molar refractivity (Wildman–Crippen MR) is 92.0 cm³/mol. The highest BCUT2D eigenvalue weighted by Crippen LogP contribution is 2.31. The molecule has 0 aliphatic rings. The Hall–Kier alpha value is -2.88. The molecule has 3 aromatic heterocycles. The number of aryl methyl sites for hydroxylation is 2. The topological polar surface area (TPSA) is 39.4 Å². The van der Waals surface area contributed by atoms with Gasteiger partial charge in [0.25, 0.3) is 0 Å². The van der Waals surface area contributed by atoms with Crippen LogP contribution in [0.1, 0.15) is 11.3 Å². The summed E-state index contributed by atoms with van der Waals surface area (Å²) in [6.07, 6.45) is 2.03. The van der Waals surface area contributed by atoms with Gasteiger partial charge in [0.15, 0.2) is 0 Å². The van der Waals surface area contributed by atoms with E-state index in [1.807, 2.05) is 35.7 Å². The quantitative estimate of drug-likeness (QED) is 0.558. The van der Waals surface area contributed by atoms with Crippen molar-refractivity contribution in [1.29, 1.82) is 0 Å². The van der Waals surface area contributed by atoms with Crippen molar-refractivity contribution in [2.24, 2.45) is 0 Å². The van der Waals surface area contributed by atoms with Gasteiger partial charge in [0.2, 0.25) is 0 Å². The highest BCUT2D eigenvalue weighted by Gasteiger charge is 2.12. The maximum atomic E-state index is 5.52. The summed E-state index contributed by atoms with van der Waals surface area (Å²) in [7, 11) is 1.69. The van der Waals surface area contributed by atoms with Crippen LogP contribution in [0.3, 0.4) is 0 Å². The van der Waals surface area contributed by atoms with Crippen LogP contribution >= 0.6 is 0 Å². The third kappa shape index (κ3) is 2.23. The Kier molecular flexibility index (Phi) is 3.05. The van der Waals surface area contributed by atoms with Crippen molar-refractivity contribution < 1.29 is 4.74 Å². The fraction of sp³-hybridized carbons (Fsp3) is 0.158. The molecule has 0 atom stereocenters. The number of rotatable bonds is 2. The molecule has 0 bridgehead atoms. The number of nitrogens with zero attached hydrogens (tertiary/aromatic N) is 3. The summed E-state index contributed by atoms with van der Waals surface area (Å²) in [4.78, 5) is 9.40. The van der Waals surface area contributed by atoms with Gasteiger partial charge in [0.05, 0.1) is 12.8 Å². The number of hydrogen-bond donors (Lipinski definition) is 0. The largest absolute Gasteiger partial charge is 0.496 e. The van der Waals surface area contributed by atoms with Gasteiger partial charge >= 0.3 is 0 Å². The first-order valence-corrected chi connectivity index (χ1v) is 7.56. The van der Waals surface area contributed by atoms with Crippen LogP contribution in [0.15, 0.2) is 48.7 Å². The minimum atomic E-state index is 0.835. The predicted octanol–water partition coefficient (Wildman–Crippen LogP) is 4.17. The Balaban J connectivity index is 1.99. The monoisotopic (exact) mass is 303 g/mol. The zero-order valence-corrected chi connectivity index (χ0v) is 13.4. The summed E-state index contributed by atoms with van der Waals surface area (Å²) in [6, 6.07) is 14.3. The number of benzene rings is 1. The number of aromatic nitrogens is 3. The van der Waals surface area contributed by atoms with Gasteiger partial charge < -0.3 is 4.74 Å². The Morgan fingerprint density at radius 1 is 0.957 bits per heavy atom. The van der Waals surface area contributed by atoms with Crippen LogP contribution in [-0.4, -0.2) is 21.5 Å². The van der Waals surface area contributed by atoms with Gasteiger partial charge in [-0.25, -0.2) is 9.97 Å². The van der Waals surface area contributed by atoms with Crippen molar-refractivity contribution in [3.05, 3.63) is 59.9 Å². The van der Waals surface area contributed by atoms with Crippen LogP contribution in [0.4, 0.5) is 0 Å². The van der Waals surface area contributed by atoms with Crippen molar-refractivity contribution in [1.82, 2.24) is 14.4 Å². The summed E-state index contributed by atoms with van der Waals surface area (Å²) in [5.74, 6) is 0.835. The Bertz CT molecular complexity index is 1030. The van der Waals surface area contributed by atoms with Gasteiger partial charge in [-0.2, -0.15) is 0 Å². The molecule has 0 spiro atoms. The number of pyridine rings is 2. The van der Waals surface area contributed by atoms with E-state index in [9.17, 15) is 0 Å². The number of fused-ring (bicyclic) bond motifs is 3. The average molecular weight is 303 g/mol. The van der Waals surface area contributed by atoms with Gasteiger partial charge in [-0.05, 0) is 55.8 Å². The molecule has 0 saturated carbocycles. The zero-order valence-electron chi connectivity index (χ0n) is 13.4. The molecule has 3 heterocycles. The molecule has 0 unspecified atom stereocenters. The number of hydrogen-bond acceptors (Lipinski definition) is 3. The Labute approximate surface area is 134 Å². The molecule has 4 aromatic rings. The first-order chi connectivity index (χ1) is 11.2. The molecule has 0 N–H and O–H groups in total. The van der Waals surface area contributed by atoms with Crippen LogP contribution < -0.4 is 4.74 Å². The van der Waals surface area contributed by atoms with Crippen LogP contribution in [0.25, 0.3) is 27.9 Å². The fourth-order valence-electron chi connectivity index (χ4n) is 2.86. The lowest BCUT2D eigenvalue weighted by atomic mass is 10.1. The maximum absolute atomic E-state index is 5.52. The third-order valence-corrected chi connectivity index (χ3v) is 4.05. The molecule has 0 amide bonds. The van der Waals surface area contributed by atoms with Crippen molar-refractivity contribution in [3.8, 4) is 17.0 Å². The minimum Gasteiger partial charge on any atom is -0.496 e. The molecule has 0 radical (unpaired) electrons. The van der Waals surface area contributed by atoms with E-state index in [4.69, 9.17) is 9.72 Å². The second-order valence-electron chi connectivity index (χ2n) is 5.76. The lowest BCUT2D eigenvalue weighted by molar-refractivity contribution is 0.416. The van der Waals surface area contributed by atoms with E-state index in [2.05, 4.69) is 36.2 Å². The van der Waals surface area contributed by atoms with E-state index in [1.54, 1.807) is 7.11 Å². The summed E-state index contributed by atoms with van der Waals surface area (Å²) in [5.41, 5.74) is 5.84. The van der Waals surface area contributed by atoms with Gasteiger partial charge in [-0.3, -0.25) is 4.40 Å². The second kappa shape index (κ2) is 5.09. The lowest BCUT2D eigenvalue weighted by Gasteiger charge is -2.06. The molecule has 23 heavy (non-hydrogen) atoms. The van der Waals surface area contributed by atoms with Crippen molar-refractivity contribution in [2.45, 2.75) is 13.8 Å². The molecule has 0 saturated heterocycles. The fourth-order valence-corrected chi connectivity index (χ4v) is 2.86. The number of imidazole rings is 1. The molecule has 0 aliphatic carbocycles. The standard InChI is InChI=1S/C19H17N3O/c1-12-4-8-15(17(10-12)23-3)16-11-22-18(21-16)9-7-14-6-5-13(2)20-19(14)22/h4-11H,1-3H3. The van der Waals surface area contributed by atoms with Gasteiger partial charge in [-0.15, -0.1) is 0 Å². The van der Waals surface area contributed by atoms with Crippen LogP contribution in [0, 0.1) is 13.8 Å². The molecule has 4 rings (SSSR count). The second-order valence-corrected chi connectivity index (χ2v) is 5.76. The molecule has 114 valence electrons. The summed E-state index contributed by atoms with van der Waals surface area (Å²) >= 11 is 0. The molecule has 0 aliphatic heterocycles. The zero-order chi connectivity index (χ0) is 16.0. The molecule has 4 heteroatoms. The third-order valence-electron chi connectivity index (χ3n) is 4.05. The van der Waals surface area contributed by atoms with E-state index < -0.39 is 0 Å². The van der Waals surface area contributed by atoms with Crippen molar-refractivity contribution >= 4 is 16.7 Å². The lowest BCUT2D eigenvalue weighted by Crippen LogP contribution is -1.91. The molecule has 4 nitrogen and oxygen atoms in total. The first-order valence-electron chi connectivity index (χ1n) is 7.56. The SMILES string of the molecule is COc1cc(C)ccc1-c1cn2c(ccc3ccc(C)nc32)n1. The maximum Gasteiger partial charge on any atom is 0.145 e. The van der Waals surface area contributed by atoms with E-state index in [0.29, 0.717) is 0 Å². The van der Waals surface area contributed by atoms with E-state index in [1.165, 1.54) is 0 Å². The normalized spacial score (nSPS) is 11.3. The van der Waals surface area contributed by atoms with Crippen LogP contribution in [-0.2, 0) is 0 Å². The van der Waals surface area contributed by atoms with E-state index in [0.717, 1.165) is 44.9 Å². The van der Waals surface area contributed by atoms with Gasteiger partial charge in [0, 0.05) is 22.8 Å². The smallest absolute Gasteiger partial charge is 0.145 e. The van der Waals surface area contributed by atoms with Gasteiger partial charge in [0.1, 0.15) is 17.0 Å². The molecular formula is C19H17N3O. The summed E-state index contributed by atoms with van der Waals surface area (Å²) in [6.45, 7) is 4.05. The summed E-state index contributed by atoms with van der Waals surface area (Å²) in [5, 5.41) is 1.10. The van der Waals surface area contributed by atoms with Gasteiger partial charge in [-0.1, -0.05) is 6.07 Å². The Morgan fingerprint density at radius 2 is 1.78 bits per heavy atom. The highest BCUT2D eigenvalue weighted by atomic mass is 16.5. The minimum absolute atomic E-state index is 0.835. The average Bonchev–Trinajstić information content (AvgIpc) is 2.99. The number of ether oxygens (including phenoxy) is 1. The number of methoxy groups -OCH3 is 1. The molecule has 1 aromatic carbocycles. The molecule has 0 fully saturated rings.